The minimum Gasteiger partial charge on any atom is -0.326 e. The molecule has 0 unspecified atom stereocenters. The van der Waals surface area contributed by atoms with Crippen molar-refractivity contribution in [2.45, 2.75) is 31.2 Å². The van der Waals surface area contributed by atoms with Gasteiger partial charge in [0.2, 0.25) is 21.8 Å². The zero-order chi connectivity index (χ0) is 24.1. The molecule has 10 nitrogen and oxygen atoms in total. The Morgan fingerprint density at radius 2 is 1.59 bits per heavy atom. The summed E-state index contributed by atoms with van der Waals surface area (Å²) < 4.78 is 29.0. The molecule has 2 aromatic carbocycles. The third-order valence-corrected chi connectivity index (χ3v) is 7.58. The number of carbonyl (C=O) groups excluding carboxylic acids is 2. The van der Waals surface area contributed by atoms with Gasteiger partial charge in [0.25, 0.3) is 0 Å². The summed E-state index contributed by atoms with van der Waals surface area (Å²) in [5.74, 6) is -0.595. The van der Waals surface area contributed by atoms with Gasteiger partial charge in [-0.25, -0.2) is 18.1 Å². The van der Waals surface area contributed by atoms with Gasteiger partial charge in [0.15, 0.2) is 0 Å². The van der Waals surface area contributed by atoms with Gasteiger partial charge in [-0.3, -0.25) is 9.59 Å². The zero-order valence-electron chi connectivity index (χ0n) is 18.7. The van der Waals surface area contributed by atoms with E-state index >= 15 is 0 Å². The second-order valence-electron chi connectivity index (χ2n) is 8.16. The highest BCUT2D eigenvalue weighted by atomic mass is 32.2. The van der Waals surface area contributed by atoms with Gasteiger partial charge in [-0.1, -0.05) is 12.1 Å². The summed E-state index contributed by atoms with van der Waals surface area (Å²) in [6, 6.07) is 13.6. The lowest BCUT2D eigenvalue weighted by molar-refractivity contribution is -0.121. The van der Waals surface area contributed by atoms with Crippen LogP contribution >= 0.6 is 0 Å². The van der Waals surface area contributed by atoms with Crippen molar-refractivity contribution in [1.82, 2.24) is 19.1 Å². The Hall–Kier alpha value is -3.57. The van der Waals surface area contributed by atoms with Crippen LogP contribution in [-0.4, -0.2) is 52.4 Å². The summed E-state index contributed by atoms with van der Waals surface area (Å²) in [7, 11) is -3.66. The lowest BCUT2D eigenvalue weighted by Crippen LogP contribution is -2.41. The van der Waals surface area contributed by atoms with Crippen LogP contribution in [0, 0.1) is 5.92 Å². The molecule has 1 fully saturated rings. The van der Waals surface area contributed by atoms with E-state index in [1.54, 1.807) is 23.1 Å². The maximum absolute atomic E-state index is 13.0. The molecule has 2 N–H and O–H groups in total. The Morgan fingerprint density at radius 3 is 2.18 bits per heavy atom. The van der Waals surface area contributed by atoms with Gasteiger partial charge >= 0.3 is 0 Å². The van der Waals surface area contributed by atoms with Crippen LogP contribution in [0.15, 0.2) is 66.1 Å². The third-order valence-electron chi connectivity index (χ3n) is 5.67. The van der Waals surface area contributed by atoms with E-state index in [0.717, 1.165) is 5.56 Å². The number of piperidine rings is 1. The van der Waals surface area contributed by atoms with E-state index in [2.05, 4.69) is 20.7 Å². The Balaban J connectivity index is 1.30. The van der Waals surface area contributed by atoms with Crippen LogP contribution < -0.4 is 10.6 Å². The van der Waals surface area contributed by atoms with Gasteiger partial charge in [-0.15, -0.1) is 0 Å². The van der Waals surface area contributed by atoms with Crippen molar-refractivity contribution in [3.63, 3.8) is 0 Å². The largest absolute Gasteiger partial charge is 0.326 e. The van der Waals surface area contributed by atoms with Crippen molar-refractivity contribution in [1.29, 1.82) is 0 Å². The fraction of sp³-hybridized carbons (Fsp3) is 0.304. The van der Waals surface area contributed by atoms with Gasteiger partial charge in [-0.2, -0.15) is 9.40 Å². The van der Waals surface area contributed by atoms with Gasteiger partial charge in [0, 0.05) is 37.3 Å². The number of aromatic nitrogens is 3. The maximum Gasteiger partial charge on any atom is 0.243 e. The van der Waals surface area contributed by atoms with Crippen molar-refractivity contribution < 1.29 is 18.0 Å². The molecule has 3 aromatic rings. The zero-order valence-corrected chi connectivity index (χ0v) is 19.5. The van der Waals surface area contributed by atoms with E-state index in [-0.39, 0.29) is 35.7 Å². The topological polar surface area (TPSA) is 126 Å². The summed E-state index contributed by atoms with van der Waals surface area (Å²) in [6.45, 7) is 2.52. The molecule has 4 rings (SSSR count). The molecule has 1 saturated heterocycles. The predicted octanol–water partition coefficient (Wildman–Crippen LogP) is 2.32. The van der Waals surface area contributed by atoms with E-state index in [4.69, 9.17) is 0 Å². The Morgan fingerprint density at radius 1 is 0.971 bits per heavy atom. The smallest absolute Gasteiger partial charge is 0.243 e. The lowest BCUT2D eigenvalue weighted by Gasteiger charge is -2.30. The predicted molar refractivity (Wildman–Crippen MR) is 126 cm³/mol. The number of nitrogens with zero attached hydrogens (tertiary/aromatic N) is 4. The number of rotatable bonds is 7. The minimum absolute atomic E-state index is 0.110. The molecule has 0 bridgehead atoms. The molecule has 0 radical (unpaired) electrons. The average molecular weight is 483 g/mol. The van der Waals surface area contributed by atoms with Crippen LogP contribution in [0.4, 0.5) is 11.4 Å². The van der Waals surface area contributed by atoms with E-state index < -0.39 is 10.0 Å². The van der Waals surface area contributed by atoms with Gasteiger partial charge in [-0.05, 0) is 54.8 Å². The number of nitrogens with one attached hydrogen (secondary N) is 2. The molecule has 11 heteroatoms. The molecule has 1 aromatic heterocycles. The molecule has 2 heterocycles. The fourth-order valence-electron chi connectivity index (χ4n) is 3.86. The Kier molecular flexibility index (Phi) is 7.03. The highest BCUT2D eigenvalue weighted by molar-refractivity contribution is 7.89. The number of amides is 2. The van der Waals surface area contributed by atoms with E-state index in [9.17, 15) is 18.0 Å². The molecular formula is C23H26N6O4S. The molecule has 1 aliphatic heterocycles. The fourth-order valence-corrected chi connectivity index (χ4v) is 5.33. The van der Waals surface area contributed by atoms with Crippen molar-refractivity contribution in [3.05, 3.63) is 66.7 Å². The van der Waals surface area contributed by atoms with Gasteiger partial charge in [0.1, 0.15) is 12.7 Å². The van der Waals surface area contributed by atoms with Crippen molar-refractivity contribution in [2.24, 2.45) is 5.92 Å². The quantitative estimate of drug-likeness (QED) is 0.532. The first-order valence-electron chi connectivity index (χ1n) is 10.9. The van der Waals surface area contributed by atoms with Crippen molar-refractivity contribution in [3.8, 4) is 0 Å². The van der Waals surface area contributed by atoms with Gasteiger partial charge in [0.05, 0.1) is 11.4 Å². The molecule has 0 spiro atoms. The highest BCUT2D eigenvalue weighted by Gasteiger charge is 2.32. The summed E-state index contributed by atoms with van der Waals surface area (Å²) >= 11 is 0. The molecule has 0 atom stereocenters. The summed E-state index contributed by atoms with van der Waals surface area (Å²) in [4.78, 5) is 27.9. The van der Waals surface area contributed by atoms with Crippen LogP contribution in [0.1, 0.15) is 25.3 Å². The number of carbonyl (C=O) groups is 2. The summed E-state index contributed by atoms with van der Waals surface area (Å²) in [6.07, 6.45) is 4.01. The molecular weight excluding hydrogens is 456 g/mol. The molecule has 1 aliphatic rings. The first-order valence-corrected chi connectivity index (χ1v) is 12.4. The van der Waals surface area contributed by atoms with E-state index in [1.165, 1.54) is 29.7 Å². The standard InChI is InChI=1S/C23H26N6O4S/c1-17(30)26-20-6-8-22(9-7-20)34(32,33)29-12-10-19(11-13-29)23(31)27-21-4-2-18(3-5-21)14-28-16-24-15-25-28/h2-9,15-16,19H,10-14H2,1H3,(H,26,30)(H,27,31). The number of hydrogen-bond donors (Lipinski definition) is 2. The first-order chi connectivity index (χ1) is 16.3. The van der Waals surface area contributed by atoms with Crippen LogP contribution in [0.3, 0.4) is 0 Å². The van der Waals surface area contributed by atoms with E-state index in [0.29, 0.717) is 30.8 Å². The number of benzene rings is 2. The molecule has 0 saturated carbocycles. The SMILES string of the molecule is CC(=O)Nc1ccc(S(=O)(=O)N2CCC(C(=O)Nc3ccc(Cn4cncn4)cc3)CC2)cc1. The van der Waals surface area contributed by atoms with Crippen molar-refractivity contribution in [2.75, 3.05) is 23.7 Å². The van der Waals surface area contributed by atoms with Crippen LogP contribution in [0.5, 0.6) is 0 Å². The van der Waals surface area contributed by atoms with Crippen LogP contribution in [0.2, 0.25) is 0 Å². The lowest BCUT2D eigenvalue weighted by atomic mass is 9.97. The van der Waals surface area contributed by atoms with E-state index in [1.807, 2.05) is 24.3 Å². The second-order valence-corrected chi connectivity index (χ2v) is 10.1. The number of anilines is 2. The number of hydrogen-bond acceptors (Lipinski definition) is 6. The monoisotopic (exact) mass is 482 g/mol. The van der Waals surface area contributed by atoms with Crippen LogP contribution in [-0.2, 0) is 26.2 Å². The maximum atomic E-state index is 13.0. The number of sulfonamides is 1. The van der Waals surface area contributed by atoms with Crippen molar-refractivity contribution >= 4 is 33.2 Å². The molecule has 34 heavy (non-hydrogen) atoms. The van der Waals surface area contributed by atoms with Gasteiger partial charge < -0.3 is 10.6 Å². The Bertz CT molecular complexity index is 1230. The highest BCUT2D eigenvalue weighted by Crippen LogP contribution is 2.26. The minimum atomic E-state index is -3.66. The summed E-state index contributed by atoms with van der Waals surface area (Å²) in [5.41, 5.74) is 2.27. The first kappa shape index (κ1) is 23.6. The summed E-state index contributed by atoms with van der Waals surface area (Å²) in [5, 5.41) is 9.62. The average Bonchev–Trinajstić information content (AvgIpc) is 3.33. The second kappa shape index (κ2) is 10.1. The Labute approximate surface area is 198 Å². The normalized spacial score (nSPS) is 15.1. The molecule has 2 amide bonds. The van der Waals surface area contributed by atoms with Crippen LogP contribution in [0.25, 0.3) is 0 Å². The third kappa shape index (κ3) is 5.67. The molecule has 0 aliphatic carbocycles. The molecule has 178 valence electrons.